The maximum Gasteiger partial charge on any atom is 0.232 e. The molecular weight excluding hydrogens is 318 g/mol. The van der Waals surface area contributed by atoms with Gasteiger partial charge in [-0.3, -0.25) is 9.48 Å². The number of amides is 1. The molecule has 3 aromatic rings. The van der Waals surface area contributed by atoms with Crippen LogP contribution < -0.4 is 0 Å². The van der Waals surface area contributed by atoms with E-state index in [1.54, 1.807) is 15.8 Å². The van der Waals surface area contributed by atoms with Gasteiger partial charge in [0.25, 0.3) is 0 Å². The molecule has 1 amide bonds. The molecule has 2 unspecified atom stereocenters. The van der Waals surface area contributed by atoms with Crippen LogP contribution in [0.25, 0.3) is 0 Å². The number of benzene rings is 1. The minimum atomic E-state index is -0.0968. The fraction of sp³-hybridized carbons (Fsp3) is 0.333. The summed E-state index contributed by atoms with van der Waals surface area (Å²) in [5, 5.41) is 8.25. The lowest BCUT2D eigenvalue weighted by Crippen LogP contribution is -2.39. The molecule has 0 saturated carbocycles. The number of likely N-dealkylation sites (tertiary alicyclic amines) is 1. The normalized spacial score (nSPS) is 20.8. The lowest BCUT2D eigenvalue weighted by molar-refractivity contribution is -0.135. The number of rotatable bonds is 4. The van der Waals surface area contributed by atoms with Crippen molar-refractivity contribution in [1.82, 2.24) is 24.8 Å². The Kier molecular flexibility index (Phi) is 4.05. The summed E-state index contributed by atoms with van der Waals surface area (Å²) in [6.45, 7) is 0.466. The largest absolute Gasteiger partial charge is 0.339 e. The summed E-state index contributed by atoms with van der Waals surface area (Å²) in [6, 6.07) is 11.8. The lowest BCUT2D eigenvalue weighted by atomic mass is 9.84. The van der Waals surface area contributed by atoms with Gasteiger partial charge < -0.3 is 9.42 Å². The van der Waals surface area contributed by atoms with Crippen LogP contribution in [-0.4, -0.2) is 37.8 Å². The molecule has 0 aliphatic carbocycles. The minimum Gasteiger partial charge on any atom is -0.339 e. The summed E-state index contributed by atoms with van der Waals surface area (Å²) >= 11 is 0. The van der Waals surface area contributed by atoms with Crippen LogP contribution in [-0.2, 0) is 11.3 Å². The molecule has 0 N–H and O–H groups in total. The highest BCUT2D eigenvalue weighted by Gasteiger charge is 2.38. The Morgan fingerprint density at radius 2 is 2.08 bits per heavy atom. The van der Waals surface area contributed by atoms with Gasteiger partial charge in [-0.25, -0.2) is 0 Å². The minimum absolute atomic E-state index is 0.0102. The lowest BCUT2D eigenvalue weighted by Gasteiger charge is -2.37. The fourth-order valence-electron chi connectivity index (χ4n) is 3.42. The second kappa shape index (κ2) is 6.51. The number of hydrogen-bond donors (Lipinski definition) is 0. The molecule has 7 nitrogen and oxygen atoms in total. The van der Waals surface area contributed by atoms with Crippen LogP contribution in [0.4, 0.5) is 0 Å². The third-order valence-electron chi connectivity index (χ3n) is 4.67. The number of likely N-dealkylation sites (N-methyl/N-ethyl adjacent to an activating group) is 1. The summed E-state index contributed by atoms with van der Waals surface area (Å²) in [6.07, 6.45) is 4.76. The third kappa shape index (κ3) is 3.05. The predicted molar refractivity (Wildman–Crippen MR) is 89.6 cm³/mol. The molecule has 1 aromatic carbocycles. The highest BCUT2D eigenvalue weighted by Crippen LogP contribution is 2.41. The van der Waals surface area contributed by atoms with Gasteiger partial charge in [0.15, 0.2) is 5.82 Å². The summed E-state index contributed by atoms with van der Waals surface area (Å²) in [5.41, 5.74) is 1.08. The Hall–Kier alpha value is -2.96. The first-order chi connectivity index (χ1) is 12.2. The van der Waals surface area contributed by atoms with E-state index in [1.165, 1.54) is 0 Å². The molecule has 25 heavy (non-hydrogen) atoms. The van der Waals surface area contributed by atoms with Gasteiger partial charge in [-0.2, -0.15) is 10.1 Å². The van der Waals surface area contributed by atoms with Crippen molar-refractivity contribution < 1.29 is 9.32 Å². The van der Waals surface area contributed by atoms with Crippen LogP contribution in [0.15, 0.2) is 53.3 Å². The molecule has 2 atom stereocenters. The van der Waals surface area contributed by atoms with E-state index in [0.717, 1.165) is 5.56 Å². The molecule has 1 aliphatic heterocycles. The van der Waals surface area contributed by atoms with E-state index in [2.05, 4.69) is 15.2 Å². The van der Waals surface area contributed by atoms with Crippen molar-refractivity contribution >= 4 is 5.91 Å². The van der Waals surface area contributed by atoms with E-state index in [1.807, 2.05) is 49.6 Å². The SMILES string of the molecule is CN1C(=O)CCC(c2nc(Cn3cccn3)no2)C1c1ccccc1. The van der Waals surface area contributed by atoms with E-state index in [4.69, 9.17) is 4.52 Å². The van der Waals surface area contributed by atoms with Crippen molar-refractivity contribution in [2.24, 2.45) is 0 Å². The first-order valence-electron chi connectivity index (χ1n) is 8.33. The quantitative estimate of drug-likeness (QED) is 0.730. The van der Waals surface area contributed by atoms with Crippen LogP contribution in [0.3, 0.4) is 0 Å². The Morgan fingerprint density at radius 1 is 1.24 bits per heavy atom. The molecule has 1 saturated heterocycles. The Bertz CT molecular complexity index is 844. The maximum absolute atomic E-state index is 12.2. The van der Waals surface area contributed by atoms with E-state index in [9.17, 15) is 4.79 Å². The van der Waals surface area contributed by atoms with E-state index >= 15 is 0 Å². The topological polar surface area (TPSA) is 77.1 Å². The van der Waals surface area contributed by atoms with Gasteiger partial charge in [0.2, 0.25) is 11.8 Å². The first kappa shape index (κ1) is 15.6. The number of aromatic nitrogens is 4. The summed E-state index contributed by atoms with van der Waals surface area (Å²) in [5.74, 6) is 1.30. The molecule has 7 heteroatoms. The molecular formula is C18H19N5O2. The van der Waals surface area contributed by atoms with Crippen molar-refractivity contribution in [3.05, 3.63) is 66.1 Å². The van der Waals surface area contributed by atoms with Crippen LogP contribution in [0, 0.1) is 0 Å². The molecule has 0 radical (unpaired) electrons. The van der Waals surface area contributed by atoms with E-state index < -0.39 is 0 Å². The number of piperidine rings is 1. The van der Waals surface area contributed by atoms with Crippen molar-refractivity contribution in [3.63, 3.8) is 0 Å². The zero-order chi connectivity index (χ0) is 17.2. The van der Waals surface area contributed by atoms with Crippen LogP contribution in [0.2, 0.25) is 0 Å². The molecule has 3 heterocycles. The smallest absolute Gasteiger partial charge is 0.232 e. The molecule has 1 aliphatic rings. The maximum atomic E-state index is 12.2. The molecule has 128 valence electrons. The highest BCUT2D eigenvalue weighted by atomic mass is 16.5. The second-order valence-corrected chi connectivity index (χ2v) is 6.26. The van der Waals surface area contributed by atoms with Crippen molar-refractivity contribution in [2.75, 3.05) is 7.05 Å². The average molecular weight is 337 g/mol. The van der Waals surface area contributed by atoms with Crippen molar-refractivity contribution in [3.8, 4) is 0 Å². The van der Waals surface area contributed by atoms with Crippen LogP contribution in [0.1, 0.15) is 42.1 Å². The fourth-order valence-corrected chi connectivity index (χ4v) is 3.42. The standard InChI is InChI=1S/C18H19N5O2/c1-22-16(24)9-8-14(17(22)13-6-3-2-4-7-13)18-20-15(21-25-18)12-23-11-5-10-19-23/h2-7,10-11,14,17H,8-9,12H2,1H3. The average Bonchev–Trinajstić information content (AvgIpc) is 3.30. The molecule has 0 bridgehead atoms. The highest BCUT2D eigenvalue weighted by molar-refractivity contribution is 5.77. The molecule has 2 aromatic heterocycles. The summed E-state index contributed by atoms with van der Waals surface area (Å²) < 4.78 is 7.30. The number of nitrogens with zero attached hydrogens (tertiary/aromatic N) is 5. The Balaban J connectivity index is 1.63. The van der Waals surface area contributed by atoms with Gasteiger partial charge in [-0.15, -0.1) is 0 Å². The van der Waals surface area contributed by atoms with E-state index in [0.29, 0.717) is 31.1 Å². The first-order valence-corrected chi connectivity index (χ1v) is 8.33. The van der Waals surface area contributed by atoms with Crippen LogP contribution in [0.5, 0.6) is 0 Å². The third-order valence-corrected chi connectivity index (χ3v) is 4.67. The summed E-state index contributed by atoms with van der Waals surface area (Å²) in [7, 11) is 1.84. The molecule has 0 spiro atoms. The second-order valence-electron chi connectivity index (χ2n) is 6.26. The van der Waals surface area contributed by atoms with Gasteiger partial charge in [0.05, 0.1) is 12.0 Å². The summed E-state index contributed by atoms with van der Waals surface area (Å²) in [4.78, 5) is 18.6. The van der Waals surface area contributed by atoms with Crippen LogP contribution >= 0.6 is 0 Å². The molecule has 4 rings (SSSR count). The monoisotopic (exact) mass is 337 g/mol. The van der Waals surface area contributed by atoms with Gasteiger partial charge in [0, 0.05) is 25.9 Å². The Labute approximate surface area is 145 Å². The zero-order valence-electron chi connectivity index (χ0n) is 13.9. The van der Waals surface area contributed by atoms with Gasteiger partial charge >= 0.3 is 0 Å². The van der Waals surface area contributed by atoms with Crippen molar-refractivity contribution in [2.45, 2.75) is 31.3 Å². The van der Waals surface area contributed by atoms with E-state index in [-0.39, 0.29) is 17.9 Å². The number of hydrogen-bond acceptors (Lipinski definition) is 5. The zero-order valence-corrected chi connectivity index (χ0v) is 13.9. The Morgan fingerprint density at radius 3 is 2.84 bits per heavy atom. The van der Waals surface area contributed by atoms with Gasteiger partial charge in [-0.05, 0) is 18.1 Å². The predicted octanol–water partition coefficient (Wildman–Crippen LogP) is 2.39. The van der Waals surface area contributed by atoms with Gasteiger partial charge in [0.1, 0.15) is 6.54 Å². The molecule has 1 fully saturated rings. The number of carbonyl (C=O) groups is 1. The number of carbonyl (C=O) groups excluding carboxylic acids is 1. The van der Waals surface area contributed by atoms with Crippen molar-refractivity contribution in [1.29, 1.82) is 0 Å². The van der Waals surface area contributed by atoms with Gasteiger partial charge in [-0.1, -0.05) is 35.5 Å².